The molecular weight excluding hydrogens is 297 g/mol. The highest BCUT2D eigenvalue weighted by Crippen LogP contribution is 2.20. The van der Waals surface area contributed by atoms with Crippen molar-refractivity contribution in [1.82, 2.24) is 5.32 Å². The van der Waals surface area contributed by atoms with Gasteiger partial charge in [-0.05, 0) is 43.7 Å². The quantitative estimate of drug-likeness (QED) is 0.711. The fourth-order valence-electron chi connectivity index (χ4n) is 1.85. The van der Waals surface area contributed by atoms with E-state index in [0.29, 0.717) is 6.42 Å². The topological polar surface area (TPSA) is 46.2 Å². The molecule has 1 unspecified atom stereocenters. The minimum Gasteiger partial charge on any atom is -0.313 e. The fourth-order valence-corrected chi connectivity index (χ4v) is 3.55. The molecule has 0 radical (unpaired) electrons. The number of thioether (sulfide) groups is 1. The summed E-state index contributed by atoms with van der Waals surface area (Å²) in [6.07, 6.45) is 2.76. The van der Waals surface area contributed by atoms with Gasteiger partial charge in [0.2, 0.25) is 0 Å². The fraction of sp³-hybridized carbons (Fsp3) is 0.571. The molecule has 0 spiro atoms. The molecule has 1 aromatic carbocycles. The molecule has 0 aliphatic carbocycles. The maximum absolute atomic E-state index is 12.8. The van der Waals surface area contributed by atoms with E-state index in [1.165, 1.54) is 18.4 Å². The van der Waals surface area contributed by atoms with Crippen molar-refractivity contribution < 1.29 is 12.8 Å². The van der Waals surface area contributed by atoms with Crippen LogP contribution in [0, 0.1) is 5.82 Å². The molecule has 114 valence electrons. The average molecular weight is 319 g/mol. The van der Waals surface area contributed by atoms with Crippen LogP contribution >= 0.6 is 11.8 Å². The van der Waals surface area contributed by atoms with Crippen LogP contribution in [-0.4, -0.2) is 38.8 Å². The molecule has 0 aliphatic heterocycles. The summed E-state index contributed by atoms with van der Waals surface area (Å²) >= 11 is 1.66. The summed E-state index contributed by atoms with van der Waals surface area (Å²) in [6.45, 7) is 2.89. The van der Waals surface area contributed by atoms with Crippen molar-refractivity contribution in [2.24, 2.45) is 0 Å². The molecule has 0 fully saturated rings. The predicted octanol–water partition coefficient (Wildman–Crippen LogP) is 2.72. The first-order chi connectivity index (χ1) is 9.40. The third-order valence-corrected chi connectivity index (χ3v) is 5.03. The van der Waals surface area contributed by atoms with Gasteiger partial charge in [-0.1, -0.05) is 6.92 Å². The van der Waals surface area contributed by atoms with Crippen molar-refractivity contribution in [3.8, 4) is 0 Å². The van der Waals surface area contributed by atoms with E-state index < -0.39 is 9.84 Å². The van der Waals surface area contributed by atoms with Gasteiger partial charge in [-0.15, -0.1) is 11.8 Å². The third kappa shape index (κ3) is 7.87. The number of benzene rings is 1. The third-order valence-electron chi connectivity index (χ3n) is 2.83. The molecule has 0 amide bonds. The van der Waals surface area contributed by atoms with Gasteiger partial charge in [0.1, 0.15) is 15.7 Å². The highest BCUT2D eigenvalue weighted by molar-refractivity contribution is 7.99. The molecule has 0 bridgehead atoms. The Morgan fingerprint density at radius 1 is 1.30 bits per heavy atom. The largest absolute Gasteiger partial charge is 0.313 e. The summed E-state index contributed by atoms with van der Waals surface area (Å²) in [5.74, 6) is 0.852. The molecule has 0 saturated carbocycles. The molecule has 1 atom stereocenters. The number of hydrogen-bond donors (Lipinski definition) is 1. The maximum atomic E-state index is 12.8. The Morgan fingerprint density at radius 2 is 1.95 bits per heavy atom. The molecule has 0 heterocycles. The van der Waals surface area contributed by atoms with Gasteiger partial charge in [-0.2, -0.15) is 0 Å². The summed E-state index contributed by atoms with van der Waals surface area (Å²) in [6, 6.07) is 6.71. The van der Waals surface area contributed by atoms with E-state index in [4.69, 9.17) is 0 Å². The monoisotopic (exact) mass is 319 g/mol. The predicted molar refractivity (Wildman–Crippen MR) is 83.5 cm³/mol. The molecule has 1 aromatic rings. The molecule has 20 heavy (non-hydrogen) atoms. The number of nitrogens with one attached hydrogen (secondary N) is 1. The molecule has 1 rings (SSSR count). The molecule has 0 aromatic heterocycles. The Labute approximate surface area is 125 Å². The molecule has 3 nitrogen and oxygen atoms in total. The molecule has 0 saturated heterocycles. The Bertz CT molecular complexity index is 488. The van der Waals surface area contributed by atoms with Gasteiger partial charge < -0.3 is 5.32 Å². The lowest BCUT2D eigenvalue weighted by Crippen LogP contribution is -2.31. The minimum absolute atomic E-state index is 0.231. The van der Waals surface area contributed by atoms with Crippen LogP contribution in [0.2, 0.25) is 0 Å². The Morgan fingerprint density at radius 3 is 2.50 bits per heavy atom. The number of hydrogen-bond acceptors (Lipinski definition) is 4. The second-order valence-electron chi connectivity index (χ2n) is 4.79. The van der Waals surface area contributed by atoms with E-state index in [1.54, 1.807) is 23.9 Å². The van der Waals surface area contributed by atoms with Crippen LogP contribution in [0.25, 0.3) is 0 Å². The lowest BCUT2D eigenvalue weighted by atomic mass is 10.2. The van der Waals surface area contributed by atoms with Gasteiger partial charge in [-0.25, -0.2) is 12.8 Å². The minimum atomic E-state index is -2.88. The first kappa shape index (κ1) is 17.5. The van der Waals surface area contributed by atoms with Crippen LogP contribution < -0.4 is 5.32 Å². The molecular formula is C14H22FNO2S2. The van der Waals surface area contributed by atoms with Gasteiger partial charge in [0.25, 0.3) is 0 Å². The van der Waals surface area contributed by atoms with Crippen molar-refractivity contribution in [2.75, 3.05) is 24.3 Å². The van der Waals surface area contributed by atoms with Crippen molar-refractivity contribution in [3.63, 3.8) is 0 Å². The second-order valence-corrected chi connectivity index (χ2v) is 8.14. The van der Waals surface area contributed by atoms with Gasteiger partial charge in [0.05, 0.1) is 0 Å². The van der Waals surface area contributed by atoms with E-state index >= 15 is 0 Å². The van der Waals surface area contributed by atoms with Crippen LogP contribution in [0.5, 0.6) is 0 Å². The Balaban J connectivity index is 2.40. The summed E-state index contributed by atoms with van der Waals surface area (Å²) in [5.41, 5.74) is 0. The van der Waals surface area contributed by atoms with Crippen molar-refractivity contribution in [1.29, 1.82) is 0 Å². The maximum Gasteiger partial charge on any atom is 0.147 e. The van der Waals surface area contributed by atoms with Crippen LogP contribution in [-0.2, 0) is 9.84 Å². The second kappa shape index (κ2) is 8.64. The first-order valence-electron chi connectivity index (χ1n) is 6.70. The number of sulfone groups is 1. The van der Waals surface area contributed by atoms with Gasteiger partial charge in [0, 0.05) is 28.7 Å². The summed E-state index contributed by atoms with van der Waals surface area (Å²) in [5, 5.41) is 3.36. The smallest absolute Gasteiger partial charge is 0.147 e. The molecule has 0 aliphatic rings. The Hall–Kier alpha value is -0.590. The van der Waals surface area contributed by atoms with Crippen LogP contribution in [0.15, 0.2) is 29.2 Å². The zero-order valence-corrected chi connectivity index (χ0v) is 13.6. The van der Waals surface area contributed by atoms with E-state index in [1.807, 2.05) is 6.92 Å². The zero-order valence-electron chi connectivity index (χ0n) is 11.9. The summed E-state index contributed by atoms with van der Waals surface area (Å²) in [7, 11) is -2.88. The van der Waals surface area contributed by atoms with Crippen molar-refractivity contribution in [3.05, 3.63) is 30.1 Å². The summed E-state index contributed by atoms with van der Waals surface area (Å²) < 4.78 is 35.0. The lowest BCUT2D eigenvalue weighted by Gasteiger charge is -2.17. The van der Waals surface area contributed by atoms with E-state index in [-0.39, 0.29) is 17.6 Å². The Kier molecular flexibility index (Phi) is 7.55. The van der Waals surface area contributed by atoms with E-state index in [9.17, 15) is 12.8 Å². The van der Waals surface area contributed by atoms with Crippen molar-refractivity contribution in [2.45, 2.75) is 30.7 Å². The van der Waals surface area contributed by atoms with E-state index in [0.717, 1.165) is 23.6 Å². The molecule has 1 N–H and O–H groups in total. The van der Waals surface area contributed by atoms with Gasteiger partial charge in [-0.3, -0.25) is 0 Å². The SMILES string of the molecule is CCNC(CCCS(C)(=O)=O)CSc1ccc(F)cc1. The zero-order chi connectivity index (χ0) is 15.0. The normalized spacial score (nSPS) is 13.3. The lowest BCUT2D eigenvalue weighted by molar-refractivity contribution is 0.527. The number of halogens is 1. The van der Waals surface area contributed by atoms with Crippen LogP contribution in [0.3, 0.4) is 0 Å². The molecule has 6 heteroatoms. The summed E-state index contributed by atoms with van der Waals surface area (Å²) in [4.78, 5) is 1.03. The highest BCUT2D eigenvalue weighted by Gasteiger charge is 2.10. The van der Waals surface area contributed by atoms with Gasteiger partial charge in [0.15, 0.2) is 0 Å². The number of rotatable bonds is 9. The van der Waals surface area contributed by atoms with Crippen LogP contribution in [0.1, 0.15) is 19.8 Å². The average Bonchev–Trinajstić information content (AvgIpc) is 2.36. The first-order valence-corrected chi connectivity index (χ1v) is 9.75. The highest BCUT2D eigenvalue weighted by atomic mass is 32.2. The van der Waals surface area contributed by atoms with Gasteiger partial charge >= 0.3 is 0 Å². The standard InChI is InChI=1S/C14H22FNO2S2/c1-3-16-13(5-4-10-20(2,17)18)11-19-14-8-6-12(15)7-9-14/h6-9,13,16H,3-5,10-11H2,1-2H3. The van der Waals surface area contributed by atoms with E-state index in [2.05, 4.69) is 5.32 Å². The van der Waals surface area contributed by atoms with Crippen molar-refractivity contribution >= 4 is 21.6 Å². The van der Waals surface area contributed by atoms with Crippen LogP contribution in [0.4, 0.5) is 4.39 Å².